The Balaban J connectivity index is 2.57. The minimum atomic E-state index is -2.95. The van der Waals surface area contributed by atoms with E-state index in [2.05, 4.69) is 0 Å². The third kappa shape index (κ3) is 5.61. The lowest BCUT2D eigenvalue weighted by atomic mass is 10.1. The number of hydrogen-bond donors (Lipinski definition) is 1. The number of rotatable bonds is 8. The van der Waals surface area contributed by atoms with Crippen molar-refractivity contribution in [3.8, 4) is 0 Å². The second kappa shape index (κ2) is 7.76. The Kier molecular flexibility index (Phi) is 6.65. The standard InChI is InChI=1S/C15H25NO3S/c1-4-16(10-11-20(18,19)5-2)12-15(17)14-8-6-13(3)7-9-14/h6-9,15,17H,4-5,10-12H2,1-3H3. The Hall–Kier alpha value is -0.910. The Morgan fingerprint density at radius 1 is 1.20 bits per heavy atom. The monoisotopic (exact) mass is 299 g/mol. The summed E-state index contributed by atoms with van der Waals surface area (Å²) in [6.45, 7) is 7.29. The third-order valence-electron chi connectivity index (χ3n) is 3.50. The molecule has 20 heavy (non-hydrogen) atoms. The summed E-state index contributed by atoms with van der Waals surface area (Å²) in [6, 6.07) is 7.76. The third-order valence-corrected chi connectivity index (χ3v) is 5.18. The minimum Gasteiger partial charge on any atom is -0.387 e. The molecular weight excluding hydrogens is 274 g/mol. The zero-order valence-electron chi connectivity index (χ0n) is 12.5. The average Bonchev–Trinajstić information content (AvgIpc) is 2.44. The van der Waals surface area contributed by atoms with Gasteiger partial charge in [-0.1, -0.05) is 43.7 Å². The first-order valence-electron chi connectivity index (χ1n) is 7.05. The van der Waals surface area contributed by atoms with Gasteiger partial charge in [-0.2, -0.15) is 0 Å². The summed E-state index contributed by atoms with van der Waals surface area (Å²) >= 11 is 0. The molecular formula is C15H25NO3S. The number of nitrogens with zero attached hydrogens (tertiary/aromatic N) is 1. The van der Waals surface area contributed by atoms with E-state index in [0.29, 0.717) is 13.1 Å². The average molecular weight is 299 g/mol. The first-order valence-corrected chi connectivity index (χ1v) is 8.87. The summed E-state index contributed by atoms with van der Waals surface area (Å²) in [5, 5.41) is 10.2. The topological polar surface area (TPSA) is 57.6 Å². The fraction of sp³-hybridized carbons (Fsp3) is 0.600. The first-order chi connectivity index (χ1) is 9.38. The molecule has 0 aromatic heterocycles. The van der Waals surface area contributed by atoms with Gasteiger partial charge in [-0.3, -0.25) is 4.90 Å². The van der Waals surface area contributed by atoms with Crippen LogP contribution in [0.2, 0.25) is 0 Å². The quantitative estimate of drug-likeness (QED) is 0.795. The number of aliphatic hydroxyl groups excluding tert-OH is 1. The van der Waals surface area contributed by atoms with Crippen molar-refractivity contribution in [3.05, 3.63) is 35.4 Å². The van der Waals surface area contributed by atoms with E-state index in [9.17, 15) is 13.5 Å². The molecule has 1 unspecified atom stereocenters. The molecule has 0 heterocycles. The first kappa shape index (κ1) is 17.1. The lowest BCUT2D eigenvalue weighted by Gasteiger charge is -2.23. The van der Waals surface area contributed by atoms with Crippen molar-refractivity contribution < 1.29 is 13.5 Å². The van der Waals surface area contributed by atoms with Crippen molar-refractivity contribution in [3.63, 3.8) is 0 Å². The molecule has 1 atom stereocenters. The molecule has 0 saturated heterocycles. The van der Waals surface area contributed by atoms with Crippen LogP contribution in [0.5, 0.6) is 0 Å². The summed E-state index contributed by atoms with van der Waals surface area (Å²) in [5.74, 6) is 0.322. The van der Waals surface area contributed by atoms with Crippen LogP contribution in [0.3, 0.4) is 0 Å². The van der Waals surface area contributed by atoms with Gasteiger partial charge in [0, 0.05) is 18.8 Å². The zero-order chi connectivity index (χ0) is 15.2. The van der Waals surface area contributed by atoms with Gasteiger partial charge in [0.15, 0.2) is 9.84 Å². The van der Waals surface area contributed by atoms with Crippen molar-refractivity contribution in [1.29, 1.82) is 0 Å². The van der Waals surface area contributed by atoms with E-state index in [0.717, 1.165) is 17.7 Å². The molecule has 0 amide bonds. The highest BCUT2D eigenvalue weighted by Gasteiger charge is 2.15. The highest BCUT2D eigenvalue weighted by Crippen LogP contribution is 2.15. The maximum absolute atomic E-state index is 11.5. The van der Waals surface area contributed by atoms with Crippen LogP contribution >= 0.6 is 0 Å². The summed E-state index contributed by atoms with van der Waals surface area (Å²) in [6.07, 6.45) is -0.583. The molecule has 114 valence electrons. The number of benzene rings is 1. The van der Waals surface area contributed by atoms with E-state index in [1.807, 2.05) is 43.0 Å². The molecule has 5 heteroatoms. The predicted molar refractivity (Wildman–Crippen MR) is 82.6 cm³/mol. The minimum absolute atomic E-state index is 0.151. The van der Waals surface area contributed by atoms with Gasteiger partial charge >= 0.3 is 0 Å². The smallest absolute Gasteiger partial charge is 0.151 e. The van der Waals surface area contributed by atoms with Crippen LogP contribution in [-0.4, -0.2) is 49.6 Å². The SMILES string of the molecule is CCN(CCS(=O)(=O)CC)CC(O)c1ccc(C)cc1. The van der Waals surface area contributed by atoms with Crippen molar-refractivity contribution >= 4 is 9.84 Å². The van der Waals surface area contributed by atoms with Gasteiger partial charge in [0.25, 0.3) is 0 Å². The molecule has 1 aromatic rings. The van der Waals surface area contributed by atoms with E-state index < -0.39 is 15.9 Å². The molecule has 1 aromatic carbocycles. The normalized spacial score (nSPS) is 13.7. The molecule has 0 saturated carbocycles. The van der Waals surface area contributed by atoms with Crippen LogP contribution in [0.4, 0.5) is 0 Å². The fourth-order valence-electron chi connectivity index (χ4n) is 1.93. The molecule has 0 aliphatic heterocycles. The molecule has 0 aliphatic rings. The number of likely N-dealkylation sites (N-methyl/N-ethyl adjacent to an activating group) is 1. The summed E-state index contributed by atoms with van der Waals surface area (Å²) in [7, 11) is -2.95. The van der Waals surface area contributed by atoms with Crippen LogP contribution in [-0.2, 0) is 9.84 Å². The molecule has 4 nitrogen and oxygen atoms in total. The van der Waals surface area contributed by atoms with Gasteiger partial charge in [-0.25, -0.2) is 8.42 Å². The number of sulfone groups is 1. The van der Waals surface area contributed by atoms with Crippen LogP contribution in [0.25, 0.3) is 0 Å². The Labute approximate surface area is 122 Å². The van der Waals surface area contributed by atoms with Crippen LogP contribution in [0.15, 0.2) is 24.3 Å². The van der Waals surface area contributed by atoms with Gasteiger partial charge in [0.2, 0.25) is 0 Å². The lowest BCUT2D eigenvalue weighted by molar-refractivity contribution is 0.119. The van der Waals surface area contributed by atoms with Crippen molar-refractivity contribution in [2.45, 2.75) is 26.9 Å². The Morgan fingerprint density at radius 2 is 1.80 bits per heavy atom. The van der Waals surface area contributed by atoms with E-state index in [1.54, 1.807) is 6.92 Å². The number of aryl methyl sites for hydroxylation is 1. The second-order valence-corrected chi connectivity index (χ2v) is 7.53. The molecule has 0 bridgehead atoms. The number of hydrogen-bond acceptors (Lipinski definition) is 4. The molecule has 1 rings (SSSR count). The van der Waals surface area contributed by atoms with Crippen LogP contribution < -0.4 is 0 Å². The predicted octanol–water partition coefficient (Wildman–Crippen LogP) is 1.79. The largest absolute Gasteiger partial charge is 0.387 e. The van der Waals surface area contributed by atoms with Gasteiger partial charge in [0.1, 0.15) is 0 Å². The van der Waals surface area contributed by atoms with E-state index >= 15 is 0 Å². The fourth-order valence-corrected chi connectivity index (χ4v) is 2.75. The molecule has 1 N–H and O–H groups in total. The van der Waals surface area contributed by atoms with Gasteiger partial charge in [0.05, 0.1) is 11.9 Å². The van der Waals surface area contributed by atoms with Crippen LogP contribution in [0.1, 0.15) is 31.1 Å². The summed E-state index contributed by atoms with van der Waals surface area (Å²) in [4.78, 5) is 1.97. The Bertz CT molecular complexity index is 496. The van der Waals surface area contributed by atoms with Gasteiger partial charge in [-0.05, 0) is 19.0 Å². The van der Waals surface area contributed by atoms with Gasteiger partial charge in [-0.15, -0.1) is 0 Å². The molecule has 0 aliphatic carbocycles. The van der Waals surface area contributed by atoms with E-state index in [1.165, 1.54) is 0 Å². The second-order valence-electron chi connectivity index (χ2n) is 5.06. The Morgan fingerprint density at radius 3 is 2.30 bits per heavy atom. The maximum atomic E-state index is 11.5. The van der Waals surface area contributed by atoms with Crippen molar-refractivity contribution in [2.24, 2.45) is 0 Å². The van der Waals surface area contributed by atoms with Crippen molar-refractivity contribution in [2.75, 3.05) is 31.1 Å². The lowest BCUT2D eigenvalue weighted by Crippen LogP contribution is -2.33. The highest BCUT2D eigenvalue weighted by molar-refractivity contribution is 7.91. The summed E-state index contributed by atoms with van der Waals surface area (Å²) in [5.41, 5.74) is 2.02. The van der Waals surface area contributed by atoms with Crippen molar-refractivity contribution in [1.82, 2.24) is 4.90 Å². The molecule has 0 radical (unpaired) electrons. The summed E-state index contributed by atoms with van der Waals surface area (Å²) < 4.78 is 23.0. The van der Waals surface area contributed by atoms with Crippen LogP contribution in [0, 0.1) is 6.92 Å². The van der Waals surface area contributed by atoms with Gasteiger partial charge < -0.3 is 5.11 Å². The maximum Gasteiger partial charge on any atom is 0.151 e. The van der Waals surface area contributed by atoms with E-state index in [4.69, 9.17) is 0 Å². The molecule has 0 fully saturated rings. The molecule has 0 spiro atoms. The van der Waals surface area contributed by atoms with E-state index in [-0.39, 0.29) is 11.5 Å². The zero-order valence-corrected chi connectivity index (χ0v) is 13.4. The highest BCUT2D eigenvalue weighted by atomic mass is 32.2. The number of aliphatic hydroxyl groups is 1.